The normalized spacial score (nSPS) is 29.7. The van der Waals surface area contributed by atoms with Crippen molar-refractivity contribution < 1.29 is 9.53 Å². The van der Waals surface area contributed by atoms with Crippen molar-refractivity contribution in [2.45, 2.75) is 57.6 Å². The zero-order chi connectivity index (χ0) is 12.5. The second-order valence-electron chi connectivity index (χ2n) is 6.28. The summed E-state index contributed by atoms with van der Waals surface area (Å²) in [6.45, 7) is 8.53. The fourth-order valence-electron chi connectivity index (χ4n) is 2.61. The average Bonchev–Trinajstić information content (AvgIpc) is 2.35. The van der Waals surface area contributed by atoms with Gasteiger partial charge in [-0.3, -0.25) is 0 Å². The van der Waals surface area contributed by atoms with E-state index in [1.165, 1.54) is 12.8 Å². The summed E-state index contributed by atoms with van der Waals surface area (Å²) in [7, 11) is 0. The van der Waals surface area contributed by atoms with Crippen molar-refractivity contribution in [2.75, 3.05) is 19.6 Å². The molecule has 4 nitrogen and oxygen atoms in total. The van der Waals surface area contributed by atoms with Crippen molar-refractivity contribution in [3.8, 4) is 0 Å². The Morgan fingerprint density at radius 1 is 1.24 bits per heavy atom. The molecule has 4 heteroatoms. The monoisotopic (exact) mass is 240 g/mol. The molecular formula is C13H24N2O2. The zero-order valence-electron chi connectivity index (χ0n) is 11.2. The van der Waals surface area contributed by atoms with E-state index in [1.807, 2.05) is 25.7 Å². The van der Waals surface area contributed by atoms with Crippen LogP contribution in [-0.2, 0) is 4.74 Å². The highest BCUT2D eigenvalue weighted by Gasteiger charge is 2.38. The molecule has 0 aromatic rings. The molecule has 17 heavy (non-hydrogen) atoms. The lowest BCUT2D eigenvalue weighted by Gasteiger charge is -2.43. The van der Waals surface area contributed by atoms with Crippen molar-refractivity contribution >= 4 is 6.09 Å². The number of ether oxygens (including phenoxy) is 1. The van der Waals surface area contributed by atoms with Gasteiger partial charge in [0.25, 0.3) is 0 Å². The summed E-state index contributed by atoms with van der Waals surface area (Å²) in [5.74, 6) is 0. The fourth-order valence-corrected chi connectivity index (χ4v) is 2.61. The first-order chi connectivity index (χ1) is 7.90. The molecule has 0 aromatic carbocycles. The Labute approximate surface area is 104 Å². The Hall–Kier alpha value is -0.770. The van der Waals surface area contributed by atoms with Crippen LogP contribution in [0.2, 0.25) is 0 Å². The molecular weight excluding hydrogens is 216 g/mol. The van der Waals surface area contributed by atoms with Gasteiger partial charge in [-0.1, -0.05) is 0 Å². The van der Waals surface area contributed by atoms with Crippen molar-refractivity contribution in [3.05, 3.63) is 0 Å². The minimum Gasteiger partial charge on any atom is -0.444 e. The molecule has 1 atom stereocenters. The maximum absolute atomic E-state index is 12.0. The third kappa shape index (κ3) is 3.12. The Morgan fingerprint density at radius 3 is 2.47 bits per heavy atom. The second-order valence-corrected chi connectivity index (χ2v) is 6.28. The fraction of sp³-hybridized carbons (Fsp3) is 0.923. The lowest BCUT2D eigenvalue weighted by atomic mass is 9.81. The SMILES string of the molecule is CC(C)(C)OC(=O)N1CCCC2(CCN2)CC1. The van der Waals surface area contributed by atoms with Crippen molar-refractivity contribution in [1.82, 2.24) is 10.2 Å². The van der Waals surface area contributed by atoms with Gasteiger partial charge in [0.15, 0.2) is 0 Å². The van der Waals surface area contributed by atoms with Gasteiger partial charge in [0, 0.05) is 18.6 Å². The van der Waals surface area contributed by atoms with Gasteiger partial charge in [0.1, 0.15) is 5.60 Å². The predicted octanol–water partition coefficient (Wildman–Crippen LogP) is 2.14. The van der Waals surface area contributed by atoms with E-state index >= 15 is 0 Å². The van der Waals surface area contributed by atoms with Crippen LogP contribution in [0.25, 0.3) is 0 Å². The molecule has 98 valence electrons. The molecule has 2 fully saturated rings. The van der Waals surface area contributed by atoms with Gasteiger partial charge in [-0.15, -0.1) is 0 Å². The highest BCUT2D eigenvalue weighted by molar-refractivity contribution is 5.68. The molecule has 0 radical (unpaired) electrons. The highest BCUT2D eigenvalue weighted by atomic mass is 16.6. The Kier molecular flexibility index (Phi) is 3.34. The van der Waals surface area contributed by atoms with Gasteiger partial charge in [-0.05, 0) is 53.0 Å². The number of hydrogen-bond donors (Lipinski definition) is 1. The third-order valence-corrected chi connectivity index (χ3v) is 3.70. The minimum absolute atomic E-state index is 0.158. The number of carbonyl (C=O) groups is 1. The summed E-state index contributed by atoms with van der Waals surface area (Å²) >= 11 is 0. The average molecular weight is 240 g/mol. The molecule has 2 rings (SSSR count). The van der Waals surface area contributed by atoms with Crippen molar-refractivity contribution in [3.63, 3.8) is 0 Å². The van der Waals surface area contributed by atoms with Gasteiger partial charge >= 0.3 is 6.09 Å². The third-order valence-electron chi connectivity index (χ3n) is 3.70. The topological polar surface area (TPSA) is 41.6 Å². The molecule has 0 bridgehead atoms. The number of nitrogens with zero attached hydrogens (tertiary/aromatic N) is 1. The molecule has 1 amide bonds. The van der Waals surface area contributed by atoms with Crippen LogP contribution in [0, 0.1) is 0 Å². The van der Waals surface area contributed by atoms with Crippen LogP contribution in [0.3, 0.4) is 0 Å². The van der Waals surface area contributed by atoms with E-state index in [4.69, 9.17) is 4.74 Å². The van der Waals surface area contributed by atoms with E-state index in [1.54, 1.807) is 0 Å². The van der Waals surface area contributed by atoms with Crippen LogP contribution in [0.1, 0.15) is 46.5 Å². The first-order valence-electron chi connectivity index (χ1n) is 6.63. The molecule has 2 aliphatic rings. The quantitative estimate of drug-likeness (QED) is 0.705. The molecule has 2 aliphatic heterocycles. The first kappa shape index (κ1) is 12.7. The van der Waals surface area contributed by atoms with Crippen LogP contribution in [-0.4, -0.2) is 41.8 Å². The van der Waals surface area contributed by atoms with E-state index in [0.717, 1.165) is 32.5 Å². The summed E-state index contributed by atoms with van der Waals surface area (Å²) in [6.07, 6.45) is 4.42. The molecule has 2 saturated heterocycles. The maximum Gasteiger partial charge on any atom is 0.410 e. The number of likely N-dealkylation sites (tertiary alicyclic amines) is 1. The molecule has 0 aliphatic carbocycles. The van der Waals surface area contributed by atoms with Gasteiger partial charge in [0.2, 0.25) is 0 Å². The maximum atomic E-state index is 12.0. The molecule has 1 N–H and O–H groups in total. The standard InChI is InChI=1S/C13H24N2O2/c1-12(2,3)17-11(16)15-9-4-5-13(7-10-15)6-8-14-13/h14H,4-10H2,1-3H3. The first-order valence-corrected chi connectivity index (χ1v) is 6.63. The summed E-state index contributed by atoms with van der Waals surface area (Å²) < 4.78 is 5.42. The number of carbonyl (C=O) groups excluding carboxylic acids is 1. The summed E-state index contributed by atoms with van der Waals surface area (Å²) in [6, 6.07) is 0. The van der Waals surface area contributed by atoms with E-state index in [9.17, 15) is 4.79 Å². The van der Waals surface area contributed by atoms with Crippen LogP contribution >= 0.6 is 0 Å². The Morgan fingerprint density at radius 2 is 1.94 bits per heavy atom. The summed E-state index contributed by atoms with van der Waals surface area (Å²) in [5, 5.41) is 3.53. The molecule has 1 unspecified atom stereocenters. The zero-order valence-corrected chi connectivity index (χ0v) is 11.2. The minimum atomic E-state index is -0.393. The van der Waals surface area contributed by atoms with Crippen LogP contribution < -0.4 is 5.32 Å². The molecule has 0 saturated carbocycles. The van der Waals surface area contributed by atoms with Crippen molar-refractivity contribution in [2.24, 2.45) is 0 Å². The van der Waals surface area contributed by atoms with E-state index in [0.29, 0.717) is 5.54 Å². The van der Waals surface area contributed by atoms with Crippen LogP contribution in [0.15, 0.2) is 0 Å². The van der Waals surface area contributed by atoms with Gasteiger partial charge in [0.05, 0.1) is 0 Å². The number of amides is 1. The second kappa shape index (κ2) is 4.48. The number of rotatable bonds is 0. The van der Waals surface area contributed by atoms with E-state index < -0.39 is 5.60 Å². The van der Waals surface area contributed by atoms with Gasteiger partial charge in [-0.2, -0.15) is 0 Å². The van der Waals surface area contributed by atoms with Crippen LogP contribution in [0.5, 0.6) is 0 Å². The Bertz CT molecular complexity index is 292. The van der Waals surface area contributed by atoms with E-state index in [-0.39, 0.29) is 6.09 Å². The summed E-state index contributed by atoms with van der Waals surface area (Å²) in [4.78, 5) is 13.8. The lowest BCUT2D eigenvalue weighted by Crippen LogP contribution is -2.57. The molecule has 1 spiro atoms. The van der Waals surface area contributed by atoms with Gasteiger partial charge in [-0.25, -0.2) is 4.79 Å². The predicted molar refractivity (Wildman–Crippen MR) is 67.0 cm³/mol. The molecule has 0 aromatic heterocycles. The molecule has 2 heterocycles. The summed E-state index contributed by atoms with van der Waals surface area (Å²) in [5.41, 5.74) is -0.0629. The van der Waals surface area contributed by atoms with Crippen LogP contribution in [0.4, 0.5) is 4.79 Å². The Balaban J connectivity index is 1.88. The van der Waals surface area contributed by atoms with Gasteiger partial charge < -0.3 is 15.0 Å². The highest BCUT2D eigenvalue weighted by Crippen LogP contribution is 2.31. The number of hydrogen-bond acceptors (Lipinski definition) is 3. The van der Waals surface area contributed by atoms with Crippen molar-refractivity contribution in [1.29, 1.82) is 0 Å². The largest absolute Gasteiger partial charge is 0.444 e. The smallest absolute Gasteiger partial charge is 0.410 e. The number of nitrogens with one attached hydrogen (secondary N) is 1. The lowest BCUT2D eigenvalue weighted by molar-refractivity contribution is 0.0250. The van der Waals surface area contributed by atoms with E-state index in [2.05, 4.69) is 5.32 Å².